The summed E-state index contributed by atoms with van der Waals surface area (Å²) in [5.41, 5.74) is 3.54. The summed E-state index contributed by atoms with van der Waals surface area (Å²) in [5.74, 6) is 0.253. The minimum atomic E-state index is 0.0564. The maximum atomic E-state index is 6.30. The summed E-state index contributed by atoms with van der Waals surface area (Å²) in [5, 5.41) is 2.49. The first-order valence-electron chi connectivity index (χ1n) is 11.2. The van der Waals surface area contributed by atoms with Crippen molar-refractivity contribution in [1.82, 2.24) is 0 Å². The fraction of sp³-hybridized carbons (Fsp3) is 0.241. The van der Waals surface area contributed by atoms with E-state index in [0.717, 1.165) is 0 Å². The van der Waals surface area contributed by atoms with Gasteiger partial charge in [0.2, 0.25) is 0 Å². The van der Waals surface area contributed by atoms with Gasteiger partial charge >= 0.3 is 0 Å². The highest BCUT2D eigenvalue weighted by Gasteiger charge is 2.52. The molecule has 3 atom stereocenters. The van der Waals surface area contributed by atoms with Crippen LogP contribution in [0.2, 0.25) is 0 Å². The lowest BCUT2D eigenvalue weighted by Gasteiger charge is -2.07. The van der Waals surface area contributed by atoms with Crippen molar-refractivity contribution in [2.45, 2.75) is 32.0 Å². The molecule has 32 heavy (non-hydrogen) atoms. The van der Waals surface area contributed by atoms with Crippen molar-refractivity contribution in [2.24, 2.45) is 5.92 Å². The fourth-order valence-corrected chi connectivity index (χ4v) is 4.11. The Labute approximate surface area is 189 Å². The standard InChI is InChI=1S/C29H28O3/c1-3-9-22(10-4-1)18-30-21-27-28(31-19-23-11-5-2-6-12-23)29(27)32-20-24-15-16-25-13-7-8-14-26(25)17-24/h1-17,27-29H,18-21H2. The molecule has 1 aliphatic rings. The molecule has 1 fully saturated rings. The van der Waals surface area contributed by atoms with Crippen LogP contribution < -0.4 is 0 Å². The summed E-state index contributed by atoms with van der Waals surface area (Å²) >= 11 is 0. The first kappa shape index (κ1) is 20.9. The molecular formula is C29H28O3. The van der Waals surface area contributed by atoms with Crippen LogP contribution in [0.4, 0.5) is 0 Å². The molecule has 0 saturated heterocycles. The molecule has 3 nitrogen and oxygen atoms in total. The van der Waals surface area contributed by atoms with Gasteiger partial charge in [-0.3, -0.25) is 0 Å². The SMILES string of the molecule is c1ccc(COCC2C(OCc3ccccc3)C2OCc2ccc3ccccc3c2)cc1. The van der Waals surface area contributed by atoms with Gasteiger partial charge in [-0.15, -0.1) is 0 Å². The van der Waals surface area contributed by atoms with Crippen molar-refractivity contribution in [1.29, 1.82) is 0 Å². The minimum absolute atomic E-state index is 0.0564. The molecule has 1 saturated carbocycles. The normalized spacial score (nSPS) is 19.8. The summed E-state index contributed by atoms with van der Waals surface area (Å²) in [6.07, 6.45) is 0.118. The molecule has 0 aliphatic heterocycles. The molecule has 3 heteroatoms. The predicted molar refractivity (Wildman–Crippen MR) is 127 cm³/mol. The molecule has 0 heterocycles. The lowest BCUT2D eigenvalue weighted by Crippen LogP contribution is -2.04. The Hall–Kier alpha value is -2.98. The lowest BCUT2D eigenvalue weighted by atomic mass is 10.1. The molecule has 3 unspecified atom stereocenters. The number of hydrogen-bond acceptors (Lipinski definition) is 3. The maximum absolute atomic E-state index is 6.30. The molecule has 4 aromatic carbocycles. The molecule has 0 amide bonds. The second kappa shape index (κ2) is 10.1. The molecule has 1 aliphatic carbocycles. The third kappa shape index (κ3) is 5.25. The topological polar surface area (TPSA) is 27.7 Å². The zero-order chi connectivity index (χ0) is 21.6. The first-order valence-corrected chi connectivity index (χ1v) is 11.2. The van der Waals surface area contributed by atoms with Crippen LogP contribution >= 0.6 is 0 Å². The maximum Gasteiger partial charge on any atom is 0.0922 e. The summed E-state index contributed by atoms with van der Waals surface area (Å²) in [4.78, 5) is 0. The molecule has 0 spiro atoms. The zero-order valence-corrected chi connectivity index (χ0v) is 18.1. The predicted octanol–water partition coefficient (Wildman–Crippen LogP) is 6.16. The van der Waals surface area contributed by atoms with Gasteiger partial charge in [-0.05, 0) is 33.5 Å². The van der Waals surface area contributed by atoms with Gasteiger partial charge in [-0.25, -0.2) is 0 Å². The summed E-state index contributed by atoms with van der Waals surface area (Å²) in [7, 11) is 0. The minimum Gasteiger partial charge on any atom is -0.376 e. The van der Waals surface area contributed by atoms with Gasteiger partial charge in [-0.2, -0.15) is 0 Å². The Balaban J connectivity index is 1.18. The Morgan fingerprint density at radius 3 is 1.75 bits per heavy atom. The molecule has 162 valence electrons. The van der Waals surface area contributed by atoms with E-state index >= 15 is 0 Å². The smallest absolute Gasteiger partial charge is 0.0922 e. The van der Waals surface area contributed by atoms with Crippen LogP contribution in [0, 0.1) is 5.92 Å². The second-order valence-electron chi connectivity index (χ2n) is 8.38. The third-order valence-corrected chi connectivity index (χ3v) is 5.99. The first-order chi connectivity index (χ1) is 15.9. The van der Waals surface area contributed by atoms with Gasteiger partial charge < -0.3 is 14.2 Å². The van der Waals surface area contributed by atoms with Crippen LogP contribution in [-0.2, 0) is 34.0 Å². The number of hydrogen-bond donors (Lipinski definition) is 0. The molecule has 5 rings (SSSR count). The number of rotatable bonds is 10. The molecule has 0 radical (unpaired) electrons. The average molecular weight is 425 g/mol. The summed E-state index contributed by atoms with van der Waals surface area (Å²) in [6.45, 7) is 2.42. The average Bonchev–Trinajstić information content (AvgIpc) is 3.53. The van der Waals surface area contributed by atoms with Gasteiger partial charge in [0, 0.05) is 5.92 Å². The van der Waals surface area contributed by atoms with Crippen molar-refractivity contribution in [3.63, 3.8) is 0 Å². The monoisotopic (exact) mass is 424 g/mol. The highest BCUT2D eigenvalue weighted by atomic mass is 16.6. The number of benzene rings is 4. The van der Waals surface area contributed by atoms with Gasteiger partial charge in [0.05, 0.1) is 38.6 Å². The second-order valence-corrected chi connectivity index (χ2v) is 8.38. The van der Waals surface area contributed by atoms with Crippen LogP contribution in [0.25, 0.3) is 10.8 Å². The highest BCUT2D eigenvalue weighted by Crippen LogP contribution is 2.39. The molecule has 0 aromatic heterocycles. The summed E-state index contributed by atoms with van der Waals surface area (Å²) < 4.78 is 18.5. The van der Waals surface area contributed by atoms with Gasteiger partial charge in [0.15, 0.2) is 0 Å². The fourth-order valence-electron chi connectivity index (χ4n) is 4.11. The van der Waals surface area contributed by atoms with E-state index in [0.29, 0.717) is 26.4 Å². The Morgan fingerprint density at radius 2 is 1.06 bits per heavy atom. The van der Waals surface area contributed by atoms with Crippen molar-refractivity contribution in [2.75, 3.05) is 6.61 Å². The van der Waals surface area contributed by atoms with Crippen molar-refractivity contribution < 1.29 is 14.2 Å². The van der Waals surface area contributed by atoms with E-state index in [4.69, 9.17) is 14.2 Å². The van der Waals surface area contributed by atoms with Crippen LogP contribution in [0.1, 0.15) is 16.7 Å². The Bertz CT molecular complexity index is 1130. The lowest BCUT2D eigenvalue weighted by molar-refractivity contribution is 0.0292. The number of fused-ring (bicyclic) bond motifs is 1. The molecular weight excluding hydrogens is 396 g/mol. The Morgan fingerprint density at radius 1 is 0.500 bits per heavy atom. The number of ether oxygens (including phenoxy) is 3. The third-order valence-electron chi connectivity index (χ3n) is 5.99. The van der Waals surface area contributed by atoms with Crippen LogP contribution in [0.15, 0.2) is 103 Å². The van der Waals surface area contributed by atoms with Gasteiger partial charge in [0.25, 0.3) is 0 Å². The van der Waals surface area contributed by atoms with E-state index in [1.807, 2.05) is 36.4 Å². The van der Waals surface area contributed by atoms with Gasteiger partial charge in [-0.1, -0.05) is 97.1 Å². The van der Waals surface area contributed by atoms with E-state index < -0.39 is 0 Å². The van der Waals surface area contributed by atoms with E-state index in [2.05, 4.69) is 66.7 Å². The van der Waals surface area contributed by atoms with Crippen molar-refractivity contribution in [3.05, 3.63) is 120 Å². The van der Waals surface area contributed by atoms with Gasteiger partial charge in [0.1, 0.15) is 0 Å². The Kier molecular flexibility index (Phi) is 6.59. The zero-order valence-electron chi connectivity index (χ0n) is 18.1. The van der Waals surface area contributed by atoms with Crippen LogP contribution in [0.5, 0.6) is 0 Å². The van der Waals surface area contributed by atoms with E-state index in [9.17, 15) is 0 Å². The molecule has 4 aromatic rings. The van der Waals surface area contributed by atoms with Crippen molar-refractivity contribution >= 4 is 10.8 Å². The quantitative estimate of drug-likeness (QED) is 0.305. The van der Waals surface area contributed by atoms with E-state index in [-0.39, 0.29) is 18.1 Å². The molecule has 0 N–H and O–H groups in total. The van der Waals surface area contributed by atoms with E-state index in [1.165, 1.54) is 27.5 Å². The van der Waals surface area contributed by atoms with Crippen LogP contribution in [0.3, 0.4) is 0 Å². The van der Waals surface area contributed by atoms with Crippen LogP contribution in [-0.4, -0.2) is 18.8 Å². The van der Waals surface area contributed by atoms with Crippen molar-refractivity contribution in [3.8, 4) is 0 Å². The largest absolute Gasteiger partial charge is 0.376 e. The van der Waals surface area contributed by atoms with E-state index in [1.54, 1.807) is 0 Å². The molecule has 0 bridgehead atoms. The highest BCUT2D eigenvalue weighted by molar-refractivity contribution is 5.82. The summed E-state index contributed by atoms with van der Waals surface area (Å²) in [6, 6.07) is 35.5.